The van der Waals surface area contributed by atoms with Crippen LogP contribution in [-0.4, -0.2) is 0 Å². The van der Waals surface area contributed by atoms with Crippen LogP contribution in [-0.2, 0) is 19.5 Å². The molecule has 0 bridgehead atoms. The van der Waals surface area contributed by atoms with Gasteiger partial charge in [0, 0.05) is 0 Å². The van der Waals surface area contributed by atoms with E-state index >= 15 is 0 Å². The van der Waals surface area contributed by atoms with Gasteiger partial charge in [-0.05, 0) is 0 Å². The molecule has 0 aromatic heterocycles. The van der Waals surface area contributed by atoms with Crippen LogP contribution in [0.1, 0.15) is 59.3 Å². The van der Waals surface area contributed by atoms with Gasteiger partial charge in [-0.3, -0.25) is 0 Å². The summed E-state index contributed by atoms with van der Waals surface area (Å²) in [4.78, 5) is 0. The fourth-order valence-electron chi connectivity index (χ4n) is 0.920. The summed E-state index contributed by atoms with van der Waals surface area (Å²) in [7, 11) is 0. The molecule has 0 atom stereocenters. The van der Waals surface area contributed by atoms with Crippen molar-refractivity contribution < 1.29 is 19.5 Å². The third kappa shape index (κ3) is 22.4. The van der Waals surface area contributed by atoms with Crippen LogP contribution in [0.3, 0.4) is 0 Å². The van der Waals surface area contributed by atoms with Gasteiger partial charge in [0.1, 0.15) is 0 Å². The average Bonchev–Trinajstić information content (AvgIpc) is 2.08. The van der Waals surface area contributed by atoms with E-state index in [1.807, 2.05) is 0 Å². The van der Waals surface area contributed by atoms with Crippen molar-refractivity contribution in [1.82, 2.24) is 0 Å². The fraction of sp³-hybridized carbons (Fsp3) is 0.818. The number of hydrogen-bond donors (Lipinski definition) is 0. The number of unbranched alkanes of at least 4 members (excludes halogenated alkanes) is 6. The zero-order valence-electron chi connectivity index (χ0n) is 9.23. The molecule has 0 amide bonds. The van der Waals surface area contributed by atoms with Gasteiger partial charge in [0.15, 0.2) is 0 Å². The van der Waals surface area contributed by atoms with Crippen molar-refractivity contribution in [2.75, 3.05) is 0 Å². The smallest absolute Gasteiger partial charge is 0.346 e. The van der Waals surface area contributed by atoms with Gasteiger partial charge in [-0.25, -0.2) is 0 Å². The maximum absolute atomic E-state index is 3.25. The van der Waals surface area contributed by atoms with Crippen LogP contribution in [0.25, 0.3) is 0 Å². The Bertz CT molecular complexity index is 38.3. The van der Waals surface area contributed by atoms with E-state index in [-0.39, 0.29) is 19.5 Å². The third-order valence-corrected chi connectivity index (χ3v) is 1.55. The van der Waals surface area contributed by atoms with Crippen LogP contribution in [0.15, 0.2) is 0 Å². The first-order valence-electron chi connectivity index (χ1n) is 4.94. The van der Waals surface area contributed by atoms with Gasteiger partial charge in [-0.15, -0.1) is 0 Å². The molecule has 0 saturated heterocycles. The normalized spacial score (nSPS) is 8.00. The monoisotopic (exact) mass is 220 g/mol. The van der Waals surface area contributed by atoms with E-state index in [2.05, 4.69) is 27.2 Å². The Hall–Kier alpha value is 0.623. The van der Waals surface area contributed by atoms with E-state index in [0.717, 1.165) is 0 Å². The molecule has 0 aromatic rings. The second-order valence-electron chi connectivity index (χ2n) is 2.55. The van der Waals surface area contributed by atoms with Crippen LogP contribution >= 0.6 is 0 Å². The van der Waals surface area contributed by atoms with Crippen LogP contribution in [0.4, 0.5) is 0 Å². The van der Waals surface area contributed by atoms with Crippen LogP contribution < -0.4 is 0 Å². The number of hydrogen-bond acceptors (Lipinski definition) is 0. The Morgan fingerprint density at radius 2 is 1.58 bits per heavy atom. The Kier molecular flexibility index (Phi) is 34.6. The molecule has 0 saturated carbocycles. The molecule has 0 aliphatic carbocycles. The van der Waals surface area contributed by atoms with Crippen molar-refractivity contribution in [2.45, 2.75) is 59.3 Å². The van der Waals surface area contributed by atoms with Crippen LogP contribution in [0.5, 0.6) is 0 Å². The zero-order chi connectivity index (χ0) is 8.95. The Morgan fingerprint density at radius 3 is 2.00 bits per heavy atom. The maximum Gasteiger partial charge on any atom is 2.00 e. The summed E-state index contributed by atoms with van der Waals surface area (Å²) in [6.07, 6.45) is 10.5. The Morgan fingerprint density at radius 1 is 1.00 bits per heavy atom. The summed E-state index contributed by atoms with van der Waals surface area (Å²) in [5, 5.41) is 0. The largest absolute Gasteiger partial charge is 2.00 e. The summed E-state index contributed by atoms with van der Waals surface area (Å²) in [5.74, 6) is 0. The Balaban J connectivity index is -0.000000249. The minimum Gasteiger partial charge on any atom is -0.346 e. The molecule has 0 spiro atoms. The molecule has 1 heteroatoms. The molecule has 0 nitrogen and oxygen atoms in total. The second kappa shape index (κ2) is 22.6. The molecule has 0 rings (SSSR count). The van der Waals surface area contributed by atoms with E-state index in [1.165, 1.54) is 38.5 Å². The predicted molar refractivity (Wildman–Crippen MR) is 54.4 cm³/mol. The number of rotatable bonds is 6. The average molecular weight is 222 g/mol. The summed E-state index contributed by atoms with van der Waals surface area (Å²) in [5.41, 5.74) is 0. The molecule has 0 unspecified atom stereocenters. The minimum absolute atomic E-state index is 0. The molecule has 0 aromatic carbocycles. The molecule has 0 radical (unpaired) electrons. The van der Waals surface area contributed by atoms with Gasteiger partial charge in [0.05, 0.1) is 0 Å². The molecular weight excluding hydrogens is 198 g/mol. The van der Waals surface area contributed by atoms with E-state index in [4.69, 9.17) is 0 Å². The van der Waals surface area contributed by atoms with Crippen molar-refractivity contribution in [1.29, 1.82) is 0 Å². The molecule has 0 N–H and O–H groups in total. The van der Waals surface area contributed by atoms with Crippen molar-refractivity contribution in [3.63, 3.8) is 0 Å². The first-order chi connectivity index (χ1) is 5.41. The SMILES string of the molecule is CC[CH-]CCCCCC.[CH2-]C.[Zn+2]. The van der Waals surface area contributed by atoms with E-state index in [9.17, 15) is 0 Å². The first-order valence-corrected chi connectivity index (χ1v) is 4.94. The molecule has 0 aliphatic heterocycles. The van der Waals surface area contributed by atoms with Gasteiger partial charge >= 0.3 is 19.5 Å². The van der Waals surface area contributed by atoms with Crippen molar-refractivity contribution in [3.8, 4) is 0 Å². The molecule has 0 aliphatic rings. The third-order valence-electron chi connectivity index (χ3n) is 1.55. The maximum atomic E-state index is 3.25. The molecule has 12 heavy (non-hydrogen) atoms. The van der Waals surface area contributed by atoms with Gasteiger partial charge in [0.2, 0.25) is 0 Å². The molecule has 0 fully saturated rings. The quantitative estimate of drug-likeness (QED) is 0.354. The standard InChI is InChI=1S/C9H19.C2H5.Zn/c1-3-5-7-9-8-6-4-2;1-2;/h5H,3-4,6-9H2,1-2H3;1H2,2H3;/q2*-1;+2. The van der Waals surface area contributed by atoms with Crippen molar-refractivity contribution in [2.24, 2.45) is 0 Å². The van der Waals surface area contributed by atoms with Gasteiger partial charge in [-0.1, -0.05) is 39.5 Å². The topological polar surface area (TPSA) is 0 Å². The summed E-state index contributed by atoms with van der Waals surface area (Å²) in [6.45, 7) is 9.46. The molecule has 0 heterocycles. The minimum atomic E-state index is 0. The van der Waals surface area contributed by atoms with E-state index in [0.29, 0.717) is 0 Å². The van der Waals surface area contributed by atoms with E-state index < -0.39 is 0 Å². The summed E-state index contributed by atoms with van der Waals surface area (Å²) < 4.78 is 0. The van der Waals surface area contributed by atoms with Gasteiger partial charge < -0.3 is 13.3 Å². The van der Waals surface area contributed by atoms with Crippen molar-refractivity contribution in [3.05, 3.63) is 13.3 Å². The second-order valence-corrected chi connectivity index (χ2v) is 2.55. The van der Waals surface area contributed by atoms with Crippen LogP contribution in [0, 0.1) is 13.3 Å². The molecule has 70 valence electrons. The zero-order valence-corrected chi connectivity index (χ0v) is 12.2. The van der Waals surface area contributed by atoms with Gasteiger partial charge in [0.25, 0.3) is 0 Å². The predicted octanol–water partition coefficient (Wildman–Crippen LogP) is 4.41. The van der Waals surface area contributed by atoms with Gasteiger partial charge in [-0.2, -0.15) is 19.8 Å². The summed E-state index contributed by atoms with van der Waals surface area (Å²) in [6, 6.07) is 0. The Labute approximate surface area is 92.3 Å². The molecular formula is C11H24Zn. The first kappa shape index (κ1) is 18.4. The summed E-state index contributed by atoms with van der Waals surface area (Å²) >= 11 is 0. The van der Waals surface area contributed by atoms with Crippen molar-refractivity contribution >= 4 is 0 Å². The fourth-order valence-corrected chi connectivity index (χ4v) is 0.920. The van der Waals surface area contributed by atoms with E-state index in [1.54, 1.807) is 6.92 Å². The van der Waals surface area contributed by atoms with Crippen LogP contribution in [0.2, 0.25) is 0 Å².